The van der Waals surface area contributed by atoms with Crippen LogP contribution < -0.4 is 10.5 Å². The largest absolute Gasteiger partial charge is 0.495 e. The second kappa shape index (κ2) is 5.90. The number of sulfonamides is 1. The molecular formula is C13H19N3O4S. The highest BCUT2D eigenvalue weighted by atomic mass is 32.2. The first kappa shape index (κ1) is 15.6. The number of hydrogen-bond donors (Lipinski definition) is 1. The molecule has 1 amide bonds. The maximum Gasteiger partial charge on any atom is 0.254 e. The number of hydrogen-bond acceptors (Lipinski definition) is 5. The lowest BCUT2D eigenvalue weighted by Gasteiger charge is -2.33. The van der Waals surface area contributed by atoms with Gasteiger partial charge in [-0.1, -0.05) is 0 Å². The van der Waals surface area contributed by atoms with E-state index >= 15 is 0 Å². The monoisotopic (exact) mass is 313 g/mol. The molecule has 8 heteroatoms. The maximum absolute atomic E-state index is 12.4. The van der Waals surface area contributed by atoms with Crippen molar-refractivity contribution in [1.82, 2.24) is 9.21 Å². The van der Waals surface area contributed by atoms with Crippen molar-refractivity contribution in [2.24, 2.45) is 0 Å². The number of piperazine rings is 1. The van der Waals surface area contributed by atoms with Crippen molar-refractivity contribution < 1.29 is 17.9 Å². The summed E-state index contributed by atoms with van der Waals surface area (Å²) < 4.78 is 29.4. The third-order valence-electron chi connectivity index (χ3n) is 3.48. The van der Waals surface area contributed by atoms with Crippen molar-refractivity contribution in [2.75, 3.05) is 45.3 Å². The van der Waals surface area contributed by atoms with E-state index in [1.807, 2.05) is 0 Å². The smallest absolute Gasteiger partial charge is 0.254 e. The van der Waals surface area contributed by atoms with E-state index in [0.29, 0.717) is 43.2 Å². The fourth-order valence-corrected chi connectivity index (χ4v) is 3.08. The van der Waals surface area contributed by atoms with Crippen LogP contribution in [0.1, 0.15) is 10.4 Å². The van der Waals surface area contributed by atoms with Crippen LogP contribution >= 0.6 is 0 Å². The second-order valence-electron chi connectivity index (χ2n) is 4.91. The highest BCUT2D eigenvalue weighted by Crippen LogP contribution is 2.23. The average molecular weight is 313 g/mol. The second-order valence-corrected chi connectivity index (χ2v) is 6.89. The Morgan fingerprint density at radius 1 is 1.24 bits per heavy atom. The molecule has 2 N–H and O–H groups in total. The van der Waals surface area contributed by atoms with Gasteiger partial charge in [-0.05, 0) is 18.2 Å². The fourth-order valence-electron chi connectivity index (χ4n) is 2.25. The minimum absolute atomic E-state index is 0.151. The summed E-state index contributed by atoms with van der Waals surface area (Å²) in [7, 11) is -1.71. The summed E-state index contributed by atoms with van der Waals surface area (Å²) in [6.07, 6.45) is 1.18. The number of nitrogen functional groups attached to an aromatic ring is 1. The van der Waals surface area contributed by atoms with Crippen LogP contribution in [0.5, 0.6) is 5.75 Å². The van der Waals surface area contributed by atoms with Gasteiger partial charge in [0.25, 0.3) is 5.91 Å². The Morgan fingerprint density at radius 2 is 1.86 bits per heavy atom. The van der Waals surface area contributed by atoms with Gasteiger partial charge >= 0.3 is 0 Å². The van der Waals surface area contributed by atoms with E-state index in [9.17, 15) is 13.2 Å². The van der Waals surface area contributed by atoms with Gasteiger partial charge in [-0.2, -0.15) is 4.31 Å². The highest BCUT2D eigenvalue weighted by molar-refractivity contribution is 7.88. The third kappa shape index (κ3) is 3.45. The van der Waals surface area contributed by atoms with Crippen molar-refractivity contribution >= 4 is 21.6 Å². The summed E-state index contributed by atoms with van der Waals surface area (Å²) in [5.74, 6) is 0.303. The van der Waals surface area contributed by atoms with Gasteiger partial charge in [-0.3, -0.25) is 4.79 Å². The number of anilines is 1. The van der Waals surface area contributed by atoms with Gasteiger partial charge in [0, 0.05) is 31.7 Å². The van der Waals surface area contributed by atoms with E-state index in [1.165, 1.54) is 17.7 Å². The molecule has 1 aromatic carbocycles. The molecular weight excluding hydrogens is 294 g/mol. The van der Waals surface area contributed by atoms with Crippen molar-refractivity contribution in [3.8, 4) is 5.75 Å². The number of carbonyl (C=O) groups is 1. The standard InChI is InChI=1S/C13H19N3O4S/c1-20-12-9-10(3-4-11(12)14)13(17)15-5-7-16(8-6-15)21(2,18)19/h3-4,9H,5-8,14H2,1-2H3. The number of amides is 1. The number of nitrogens with two attached hydrogens (primary N) is 1. The predicted molar refractivity (Wildman–Crippen MR) is 79.7 cm³/mol. The molecule has 0 atom stereocenters. The number of methoxy groups -OCH3 is 1. The van der Waals surface area contributed by atoms with Crippen LogP contribution in [0.2, 0.25) is 0 Å². The van der Waals surface area contributed by atoms with E-state index in [1.54, 1.807) is 23.1 Å². The highest BCUT2D eigenvalue weighted by Gasteiger charge is 2.26. The lowest BCUT2D eigenvalue weighted by atomic mass is 10.1. The predicted octanol–water partition coefficient (Wildman–Crippen LogP) is -0.00520. The van der Waals surface area contributed by atoms with E-state index < -0.39 is 10.0 Å². The molecule has 1 saturated heterocycles. The molecule has 0 saturated carbocycles. The van der Waals surface area contributed by atoms with Crippen molar-refractivity contribution in [1.29, 1.82) is 0 Å². The lowest BCUT2D eigenvalue weighted by Crippen LogP contribution is -2.50. The molecule has 1 aliphatic heterocycles. The molecule has 0 aromatic heterocycles. The van der Waals surface area contributed by atoms with E-state index in [-0.39, 0.29) is 5.91 Å². The molecule has 7 nitrogen and oxygen atoms in total. The van der Waals surface area contributed by atoms with Crippen LogP contribution in [-0.2, 0) is 10.0 Å². The minimum atomic E-state index is -3.20. The average Bonchev–Trinajstić information content (AvgIpc) is 2.46. The quantitative estimate of drug-likeness (QED) is 0.793. The van der Waals surface area contributed by atoms with Gasteiger partial charge in [-0.15, -0.1) is 0 Å². The molecule has 2 rings (SSSR count). The fraction of sp³-hybridized carbons (Fsp3) is 0.462. The summed E-state index contributed by atoms with van der Waals surface area (Å²) in [5, 5.41) is 0. The first-order chi connectivity index (χ1) is 9.82. The number of nitrogens with zero attached hydrogens (tertiary/aromatic N) is 2. The molecule has 1 fully saturated rings. The number of benzene rings is 1. The summed E-state index contributed by atoms with van der Waals surface area (Å²) in [5.41, 5.74) is 6.67. The normalized spacial score (nSPS) is 16.8. The molecule has 0 unspecified atom stereocenters. The van der Waals surface area contributed by atoms with Crippen molar-refractivity contribution in [3.63, 3.8) is 0 Å². The topological polar surface area (TPSA) is 92.9 Å². The van der Waals surface area contributed by atoms with E-state index in [4.69, 9.17) is 10.5 Å². The first-order valence-corrected chi connectivity index (χ1v) is 8.35. The Labute approximate surface area is 124 Å². The van der Waals surface area contributed by atoms with Crippen molar-refractivity contribution in [3.05, 3.63) is 23.8 Å². The first-order valence-electron chi connectivity index (χ1n) is 6.51. The van der Waals surface area contributed by atoms with Crippen LogP contribution in [0, 0.1) is 0 Å². The van der Waals surface area contributed by atoms with E-state index in [0.717, 1.165) is 0 Å². The van der Waals surface area contributed by atoms with Crippen LogP contribution in [0.15, 0.2) is 18.2 Å². The summed E-state index contributed by atoms with van der Waals surface area (Å²) in [6.45, 7) is 1.38. The molecule has 0 spiro atoms. The van der Waals surface area contributed by atoms with Gasteiger partial charge in [0.2, 0.25) is 10.0 Å². The van der Waals surface area contributed by atoms with Crippen molar-refractivity contribution in [2.45, 2.75) is 0 Å². The Hall–Kier alpha value is -1.80. The van der Waals surface area contributed by atoms with Crippen LogP contribution in [0.3, 0.4) is 0 Å². The summed E-state index contributed by atoms with van der Waals surface area (Å²) >= 11 is 0. The van der Waals surface area contributed by atoms with Gasteiger partial charge in [0.05, 0.1) is 19.1 Å². The third-order valence-corrected chi connectivity index (χ3v) is 4.78. The molecule has 1 aromatic rings. The zero-order valence-electron chi connectivity index (χ0n) is 12.1. The maximum atomic E-state index is 12.4. The number of rotatable bonds is 3. The summed E-state index contributed by atoms with van der Waals surface area (Å²) in [6, 6.07) is 4.86. The molecule has 0 aliphatic carbocycles. The molecule has 1 heterocycles. The zero-order chi connectivity index (χ0) is 15.6. The molecule has 116 valence electrons. The summed E-state index contributed by atoms with van der Waals surface area (Å²) in [4.78, 5) is 14.0. The van der Waals surface area contributed by atoms with Crippen LogP contribution in [-0.4, -0.2) is 63.1 Å². The Bertz CT molecular complexity index is 637. The minimum Gasteiger partial charge on any atom is -0.495 e. The Kier molecular flexibility index (Phi) is 4.38. The molecule has 21 heavy (non-hydrogen) atoms. The van der Waals surface area contributed by atoms with Gasteiger partial charge < -0.3 is 15.4 Å². The molecule has 0 radical (unpaired) electrons. The van der Waals surface area contributed by atoms with Crippen LogP contribution in [0.4, 0.5) is 5.69 Å². The SMILES string of the molecule is COc1cc(C(=O)N2CCN(S(C)(=O)=O)CC2)ccc1N. The lowest BCUT2D eigenvalue weighted by molar-refractivity contribution is 0.0698. The van der Waals surface area contributed by atoms with Crippen LogP contribution in [0.25, 0.3) is 0 Å². The van der Waals surface area contributed by atoms with Gasteiger partial charge in [-0.25, -0.2) is 8.42 Å². The Morgan fingerprint density at radius 3 is 2.38 bits per heavy atom. The van der Waals surface area contributed by atoms with Gasteiger partial charge in [0.1, 0.15) is 5.75 Å². The zero-order valence-corrected chi connectivity index (χ0v) is 12.9. The van der Waals surface area contributed by atoms with E-state index in [2.05, 4.69) is 0 Å². The molecule has 0 bridgehead atoms. The molecule has 1 aliphatic rings. The number of carbonyl (C=O) groups excluding carboxylic acids is 1. The number of ether oxygens (including phenoxy) is 1. The Balaban J connectivity index is 2.09. The van der Waals surface area contributed by atoms with Gasteiger partial charge in [0.15, 0.2) is 0 Å².